The molecule has 116 valence electrons. The van der Waals surface area contributed by atoms with Crippen molar-refractivity contribution in [2.24, 2.45) is 0 Å². The molecule has 0 saturated heterocycles. The first kappa shape index (κ1) is 15.6. The Bertz CT molecular complexity index is 648. The zero-order valence-electron chi connectivity index (χ0n) is 12.7. The number of thiophene rings is 1. The summed E-state index contributed by atoms with van der Waals surface area (Å²) in [6.45, 7) is 3.43. The predicted molar refractivity (Wildman–Crippen MR) is 92.4 cm³/mol. The predicted octanol–water partition coefficient (Wildman–Crippen LogP) is 4.87. The van der Waals surface area contributed by atoms with Gasteiger partial charge in [0.05, 0.1) is 16.3 Å². The number of rotatable bonds is 5. The highest BCUT2D eigenvalue weighted by Gasteiger charge is 2.47. The molecule has 4 heteroatoms. The van der Waals surface area contributed by atoms with Crippen molar-refractivity contribution in [3.8, 4) is 0 Å². The normalized spacial score (nSPS) is 16.1. The molecule has 0 radical (unpaired) electrons. The lowest BCUT2D eigenvalue weighted by molar-refractivity contribution is -0.141. The number of nitrogens with zero attached hydrogens (tertiary/aromatic N) is 1. The van der Waals surface area contributed by atoms with Crippen LogP contribution in [0.3, 0.4) is 0 Å². The monoisotopic (exact) mass is 333 g/mol. The Morgan fingerprint density at radius 1 is 1.23 bits per heavy atom. The average Bonchev–Trinajstić information content (AvgIpc) is 2.90. The number of hydrogen-bond donors (Lipinski definition) is 0. The Morgan fingerprint density at radius 2 is 1.95 bits per heavy atom. The smallest absolute Gasteiger partial charge is 0.233 e. The Kier molecular flexibility index (Phi) is 4.55. The summed E-state index contributed by atoms with van der Waals surface area (Å²) in [7, 11) is 0. The lowest BCUT2D eigenvalue weighted by Gasteiger charge is -2.43. The molecule has 1 aromatic carbocycles. The van der Waals surface area contributed by atoms with Crippen LogP contribution in [0.4, 0.5) is 0 Å². The first-order valence-corrected chi connectivity index (χ1v) is 8.94. The van der Waals surface area contributed by atoms with Crippen LogP contribution in [0.1, 0.15) is 36.6 Å². The van der Waals surface area contributed by atoms with Crippen molar-refractivity contribution in [2.75, 3.05) is 6.54 Å². The summed E-state index contributed by atoms with van der Waals surface area (Å²) in [6.07, 6.45) is 3.04. The molecule has 0 atom stereocenters. The van der Waals surface area contributed by atoms with E-state index in [1.807, 2.05) is 42.2 Å². The molecule has 0 spiro atoms. The van der Waals surface area contributed by atoms with E-state index in [2.05, 4.69) is 12.1 Å². The maximum atomic E-state index is 13.2. The molecule has 3 rings (SSSR count). The van der Waals surface area contributed by atoms with Crippen LogP contribution in [-0.4, -0.2) is 17.4 Å². The van der Waals surface area contributed by atoms with Gasteiger partial charge in [-0.15, -0.1) is 11.3 Å². The van der Waals surface area contributed by atoms with Gasteiger partial charge in [-0.2, -0.15) is 0 Å². The van der Waals surface area contributed by atoms with E-state index in [4.69, 9.17) is 11.6 Å². The summed E-state index contributed by atoms with van der Waals surface area (Å²) in [5, 5.41) is 0. The fourth-order valence-electron chi connectivity index (χ4n) is 3.17. The van der Waals surface area contributed by atoms with Crippen molar-refractivity contribution >= 4 is 28.8 Å². The first-order valence-electron chi connectivity index (χ1n) is 7.75. The SMILES string of the molecule is CCN(Cc1ccc(Cl)s1)C(=O)C1(c2ccccc2)CCC1. The molecule has 1 aromatic heterocycles. The second-order valence-electron chi connectivity index (χ2n) is 5.83. The summed E-state index contributed by atoms with van der Waals surface area (Å²) in [5.74, 6) is 0.261. The standard InChI is InChI=1S/C18H20ClNOS/c1-2-20(13-15-9-10-16(19)22-15)17(21)18(11-6-12-18)14-7-4-3-5-8-14/h3-5,7-10H,2,6,11-13H2,1H3. The van der Waals surface area contributed by atoms with E-state index in [9.17, 15) is 4.79 Å². The van der Waals surface area contributed by atoms with E-state index in [0.29, 0.717) is 6.54 Å². The molecule has 1 fully saturated rings. The van der Waals surface area contributed by atoms with Crippen LogP contribution in [0.15, 0.2) is 42.5 Å². The maximum Gasteiger partial charge on any atom is 0.233 e. The zero-order valence-corrected chi connectivity index (χ0v) is 14.3. The lowest BCUT2D eigenvalue weighted by atomic mass is 9.63. The molecule has 0 unspecified atom stereocenters. The number of hydrogen-bond acceptors (Lipinski definition) is 2. The highest BCUT2D eigenvalue weighted by atomic mass is 35.5. The fourth-order valence-corrected chi connectivity index (χ4v) is 4.27. The van der Waals surface area contributed by atoms with E-state index in [-0.39, 0.29) is 11.3 Å². The molecule has 1 aliphatic rings. The number of benzene rings is 1. The van der Waals surface area contributed by atoms with Crippen LogP contribution in [-0.2, 0) is 16.8 Å². The average molecular weight is 334 g/mol. The van der Waals surface area contributed by atoms with Crippen LogP contribution in [0.5, 0.6) is 0 Å². The quantitative estimate of drug-likeness (QED) is 0.764. The third kappa shape index (κ3) is 2.80. The number of halogens is 1. The zero-order chi connectivity index (χ0) is 15.6. The molecule has 2 aromatic rings. The van der Waals surface area contributed by atoms with Crippen LogP contribution < -0.4 is 0 Å². The minimum atomic E-state index is -0.307. The van der Waals surface area contributed by atoms with Crippen LogP contribution >= 0.6 is 22.9 Å². The van der Waals surface area contributed by atoms with E-state index < -0.39 is 0 Å². The van der Waals surface area contributed by atoms with Crippen molar-refractivity contribution in [1.82, 2.24) is 4.90 Å². The Balaban J connectivity index is 1.83. The van der Waals surface area contributed by atoms with Gasteiger partial charge in [-0.25, -0.2) is 0 Å². The van der Waals surface area contributed by atoms with Gasteiger partial charge in [0, 0.05) is 11.4 Å². The second-order valence-corrected chi connectivity index (χ2v) is 7.63. The summed E-state index contributed by atoms with van der Waals surface area (Å²) in [6, 6.07) is 14.1. The molecule has 1 heterocycles. The van der Waals surface area contributed by atoms with E-state index in [1.165, 1.54) is 0 Å². The molecule has 22 heavy (non-hydrogen) atoms. The Labute approximate surface area is 140 Å². The molecule has 1 amide bonds. The van der Waals surface area contributed by atoms with Gasteiger partial charge in [-0.3, -0.25) is 4.79 Å². The number of carbonyl (C=O) groups excluding carboxylic acids is 1. The van der Waals surface area contributed by atoms with Crippen molar-refractivity contribution in [3.63, 3.8) is 0 Å². The fraction of sp³-hybridized carbons (Fsp3) is 0.389. The van der Waals surface area contributed by atoms with E-state index >= 15 is 0 Å². The molecular weight excluding hydrogens is 314 g/mol. The summed E-state index contributed by atoms with van der Waals surface area (Å²) >= 11 is 7.56. The van der Waals surface area contributed by atoms with Gasteiger partial charge < -0.3 is 4.90 Å². The van der Waals surface area contributed by atoms with Gasteiger partial charge in [0.25, 0.3) is 0 Å². The summed E-state index contributed by atoms with van der Waals surface area (Å²) in [5.41, 5.74) is 0.854. The van der Waals surface area contributed by atoms with E-state index in [1.54, 1.807) is 11.3 Å². The summed E-state index contributed by atoms with van der Waals surface area (Å²) < 4.78 is 0.778. The Morgan fingerprint density at radius 3 is 2.45 bits per heavy atom. The largest absolute Gasteiger partial charge is 0.337 e. The molecule has 1 saturated carbocycles. The van der Waals surface area contributed by atoms with Crippen LogP contribution in [0.25, 0.3) is 0 Å². The first-order chi connectivity index (χ1) is 10.7. The van der Waals surface area contributed by atoms with Crippen molar-refractivity contribution in [3.05, 3.63) is 57.2 Å². The molecule has 2 nitrogen and oxygen atoms in total. The third-order valence-electron chi connectivity index (χ3n) is 4.59. The van der Waals surface area contributed by atoms with Gasteiger partial charge >= 0.3 is 0 Å². The number of amides is 1. The molecule has 1 aliphatic carbocycles. The topological polar surface area (TPSA) is 20.3 Å². The van der Waals surface area contributed by atoms with Crippen LogP contribution in [0, 0.1) is 0 Å². The van der Waals surface area contributed by atoms with Gasteiger partial charge in [0.2, 0.25) is 5.91 Å². The molecule has 0 N–H and O–H groups in total. The van der Waals surface area contributed by atoms with Crippen LogP contribution in [0.2, 0.25) is 4.34 Å². The summed E-state index contributed by atoms with van der Waals surface area (Å²) in [4.78, 5) is 16.3. The molecule has 0 aliphatic heterocycles. The third-order valence-corrected chi connectivity index (χ3v) is 5.80. The van der Waals surface area contributed by atoms with Gasteiger partial charge in [0.1, 0.15) is 0 Å². The molecule has 0 bridgehead atoms. The minimum Gasteiger partial charge on any atom is -0.337 e. The van der Waals surface area contributed by atoms with Gasteiger partial charge in [-0.1, -0.05) is 48.4 Å². The Hall–Kier alpha value is -1.32. The minimum absolute atomic E-state index is 0.261. The lowest BCUT2D eigenvalue weighted by Crippen LogP contribution is -2.50. The van der Waals surface area contributed by atoms with Crippen molar-refractivity contribution < 1.29 is 4.79 Å². The van der Waals surface area contributed by atoms with E-state index in [0.717, 1.165) is 40.6 Å². The van der Waals surface area contributed by atoms with Gasteiger partial charge in [0.15, 0.2) is 0 Å². The van der Waals surface area contributed by atoms with Crippen molar-refractivity contribution in [1.29, 1.82) is 0 Å². The number of likely N-dealkylation sites (N-methyl/N-ethyl adjacent to an activating group) is 1. The highest BCUT2D eigenvalue weighted by Crippen LogP contribution is 2.45. The highest BCUT2D eigenvalue weighted by molar-refractivity contribution is 7.16. The number of carbonyl (C=O) groups is 1. The molecular formula is C18H20ClNOS. The second kappa shape index (κ2) is 6.43. The van der Waals surface area contributed by atoms with Crippen molar-refractivity contribution in [2.45, 2.75) is 38.1 Å². The maximum absolute atomic E-state index is 13.2. The van der Waals surface area contributed by atoms with Gasteiger partial charge in [-0.05, 0) is 37.5 Å².